The number of methoxy groups -OCH3 is 1. The van der Waals surface area contributed by atoms with E-state index >= 15 is 0 Å². The Morgan fingerprint density at radius 2 is 1.86 bits per heavy atom. The second kappa shape index (κ2) is 6.26. The monoisotopic (exact) mass is 291 g/mol. The molecule has 0 atom stereocenters. The molecule has 1 fully saturated rings. The van der Waals surface area contributed by atoms with E-state index in [0.717, 1.165) is 6.54 Å². The molecule has 1 heterocycles. The van der Waals surface area contributed by atoms with Gasteiger partial charge in [0.15, 0.2) is 0 Å². The van der Waals surface area contributed by atoms with Gasteiger partial charge < -0.3 is 9.47 Å². The summed E-state index contributed by atoms with van der Waals surface area (Å²) in [5.74, 6) is -1.05. The molecule has 0 bridgehead atoms. The van der Waals surface area contributed by atoms with Gasteiger partial charge in [0.25, 0.3) is 0 Å². The van der Waals surface area contributed by atoms with Crippen LogP contribution >= 0.6 is 0 Å². The molecule has 0 saturated carbocycles. The first-order valence-electron chi connectivity index (χ1n) is 7.00. The van der Waals surface area contributed by atoms with Crippen LogP contribution in [0.1, 0.15) is 19.4 Å². The number of ether oxygens (including phenoxy) is 2. The van der Waals surface area contributed by atoms with Crippen LogP contribution in [0.4, 0.5) is 0 Å². The maximum atomic E-state index is 12.0. The van der Waals surface area contributed by atoms with Crippen molar-refractivity contribution in [2.45, 2.75) is 26.0 Å². The molecule has 0 N–H and O–H groups in total. The van der Waals surface area contributed by atoms with E-state index in [1.54, 1.807) is 0 Å². The van der Waals surface area contributed by atoms with Crippen LogP contribution in [0.3, 0.4) is 0 Å². The minimum Gasteiger partial charge on any atom is -0.466 e. The Morgan fingerprint density at radius 3 is 2.43 bits per heavy atom. The van der Waals surface area contributed by atoms with Gasteiger partial charge in [0.05, 0.1) is 13.0 Å². The van der Waals surface area contributed by atoms with Gasteiger partial charge in [0.1, 0.15) is 0 Å². The molecule has 114 valence electrons. The molecule has 5 nitrogen and oxygen atoms in total. The Morgan fingerprint density at radius 1 is 1.24 bits per heavy atom. The van der Waals surface area contributed by atoms with Crippen molar-refractivity contribution in [3.63, 3.8) is 0 Å². The van der Waals surface area contributed by atoms with Crippen molar-refractivity contribution in [2.75, 3.05) is 20.2 Å². The average Bonchev–Trinajstić information content (AvgIpc) is 2.41. The summed E-state index contributed by atoms with van der Waals surface area (Å²) in [5, 5.41) is 0. The first-order valence-corrected chi connectivity index (χ1v) is 7.00. The van der Waals surface area contributed by atoms with Crippen LogP contribution in [0.15, 0.2) is 30.3 Å². The molecule has 1 aliphatic heterocycles. The third-order valence-electron chi connectivity index (χ3n) is 3.57. The minimum absolute atomic E-state index is 0.169. The molecule has 0 aliphatic carbocycles. The zero-order valence-electron chi connectivity index (χ0n) is 12.7. The average molecular weight is 291 g/mol. The van der Waals surface area contributed by atoms with E-state index in [4.69, 9.17) is 4.74 Å². The van der Waals surface area contributed by atoms with E-state index in [1.807, 2.05) is 18.2 Å². The Kier molecular flexibility index (Phi) is 4.63. The van der Waals surface area contributed by atoms with Gasteiger partial charge in [-0.25, -0.2) is 4.79 Å². The maximum Gasteiger partial charge on any atom is 0.349 e. The lowest BCUT2D eigenvalue weighted by atomic mass is 9.99. The quantitative estimate of drug-likeness (QED) is 0.772. The molecule has 1 saturated heterocycles. The van der Waals surface area contributed by atoms with Crippen molar-refractivity contribution in [1.82, 2.24) is 4.90 Å². The predicted octanol–water partition coefficient (Wildman–Crippen LogP) is 1.61. The largest absolute Gasteiger partial charge is 0.466 e. The molecule has 0 spiro atoms. The highest BCUT2D eigenvalue weighted by atomic mass is 16.6. The number of hydrogen-bond donors (Lipinski definition) is 0. The van der Waals surface area contributed by atoms with Crippen LogP contribution in [0, 0.1) is 5.92 Å². The molecule has 0 amide bonds. The number of carbonyl (C=O) groups excluding carboxylic acids is 2. The summed E-state index contributed by atoms with van der Waals surface area (Å²) in [4.78, 5) is 25.7. The second-order valence-electron chi connectivity index (χ2n) is 5.80. The zero-order chi connectivity index (χ0) is 15.5. The fraction of sp³-hybridized carbons (Fsp3) is 0.500. The lowest BCUT2D eigenvalue weighted by molar-refractivity contribution is -0.182. The summed E-state index contributed by atoms with van der Waals surface area (Å²) in [6, 6.07) is 10.1. The van der Waals surface area contributed by atoms with E-state index in [1.165, 1.54) is 26.5 Å². The van der Waals surface area contributed by atoms with Gasteiger partial charge in [-0.1, -0.05) is 30.3 Å². The minimum atomic E-state index is -1.23. The highest BCUT2D eigenvalue weighted by molar-refractivity contribution is 5.83. The van der Waals surface area contributed by atoms with Crippen molar-refractivity contribution in [3.05, 3.63) is 35.9 Å². The highest BCUT2D eigenvalue weighted by Gasteiger charge is 2.39. The fourth-order valence-electron chi connectivity index (χ4n) is 2.31. The summed E-state index contributed by atoms with van der Waals surface area (Å²) in [6.45, 7) is 5.22. The fourth-order valence-corrected chi connectivity index (χ4v) is 2.31. The molecule has 2 rings (SSSR count). The first-order chi connectivity index (χ1) is 9.92. The van der Waals surface area contributed by atoms with Gasteiger partial charge in [-0.3, -0.25) is 9.69 Å². The molecule has 1 aromatic rings. The predicted molar refractivity (Wildman–Crippen MR) is 77.4 cm³/mol. The first kappa shape index (κ1) is 15.5. The smallest absolute Gasteiger partial charge is 0.349 e. The number of esters is 2. The molecule has 0 unspecified atom stereocenters. The number of carbonyl (C=O) groups is 2. The van der Waals surface area contributed by atoms with E-state index in [9.17, 15) is 9.59 Å². The highest BCUT2D eigenvalue weighted by Crippen LogP contribution is 2.22. The van der Waals surface area contributed by atoms with Crippen LogP contribution in [0.25, 0.3) is 0 Å². The number of nitrogens with zero attached hydrogens (tertiary/aromatic N) is 1. The number of likely N-dealkylation sites (tertiary alicyclic amines) is 1. The third-order valence-corrected chi connectivity index (χ3v) is 3.57. The molecular weight excluding hydrogens is 270 g/mol. The van der Waals surface area contributed by atoms with Crippen molar-refractivity contribution >= 4 is 11.9 Å². The molecule has 5 heteroatoms. The van der Waals surface area contributed by atoms with Crippen LogP contribution in [-0.2, 0) is 25.6 Å². The second-order valence-corrected chi connectivity index (χ2v) is 5.80. The molecule has 1 aromatic carbocycles. The van der Waals surface area contributed by atoms with Gasteiger partial charge in [-0.2, -0.15) is 0 Å². The summed E-state index contributed by atoms with van der Waals surface area (Å²) in [6.07, 6.45) is 0. The molecule has 0 aromatic heterocycles. The van der Waals surface area contributed by atoms with Gasteiger partial charge in [0.2, 0.25) is 5.60 Å². The van der Waals surface area contributed by atoms with E-state index in [-0.39, 0.29) is 11.9 Å². The van der Waals surface area contributed by atoms with Crippen LogP contribution < -0.4 is 0 Å². The van der Waals surface area contributed by atoms with Crippen molar-refractivity contribution < 1.29 is 19.1 Å². The van der Waals surface area contributed by atoms with Crippen LogP contribution in [0.5, 0.6) is 0 Å². The summed E-state index contributed by atoms with van der Waals surface area (Å²) < 4.78 is 9.87. The molecule has 1 aliphatic rings. The number of benzene rings is 1. The molecular formula is C16H21NO4. The van der Waals surface area contributed by atoms with Crippen molar-refractivity contribution in [1.29, 1.82) is 0 Å². The Hall–Kier alpha value is -1.88. The lowest BCUT2D eigenvalue weighted by Crippen LogP contribution is -2.52. The maximum absolute atomic E-state index is 12.0. The SMILES string of the molecule is COC(=O)C(C)(C)OC(=O)C1CN(Cc2ccccc2)C1. The molecule has 21 heavy (non-hydrogen) atoms. The standard InChI is InChI=1S/C16H21NO4/c1-16(2,15(19)20-3)21-14(18)13-10-17(11-13)9-12-7-5-4-6-8-12/h4-8,13H,9-11H2,1-3H3. The van der Waals surface area contributed by atoms with E-state index in [2.05, 4.69) is 21.8 Å². The Labute approximate surface area is 124 Å². The number of rotatable bonds is 5. The van der Waals surface area contributed by atoms with E-state index < -0.39 is 11.6 Å². The normalized spacial score (nSPS) is 16.1. The number of hydrogen-bond acceptors (Lipinski definition) is 5. The summed E-state index contributed by atoms with van der Waals surface area (Å²) in [5.41, 5.74) is -0.00898. The van der Waals surface area contributed by atoms with Crippen molar-refractivity contribution in [2.24, 2.45) is 5.92 Å². The van der Waals surface area contributed by atoms with Gasteiger partial charge in [0, 0.05) is 19.6 Å². The Bertz CT molecular complexity index is 506. The summed E-state index contributed by atoms with van der Waals surface area (Å²) >= 11 is 0. The lowest BCUT2D eigenvalue weighted by Gasteiger charge is -2.38. The van der Waals surface area contributed by atoms with Crippen LogP contribution in [0.2, 0.25) is 0 Å². The van der Waals surface area contributed by atoms with Crippen LogP contribution in [-0.4, -0.2) is 42.6 Å². The Balaban J connectivity index is 1.79. The molecule has 0 radical (unpaired) electrons. The summed E-state index contributed by atoms with van der Waals surface area (Å²) in [7, 11) is 1.28. The van der Waals surface area contributed by atoms with Gasteiger partial charge in [-0.15, -0.1) is 0 Å². The topological polar surface area (TPSA) is 55.8 Å². The van der Waals surface area contributed by atoms with Gasteiger partial charge >= 0.3 is 11.9 Å². The van der Waals surface area contributed by atoms with E-state index in [0.29, 0.717) is 13.1 Å². The van der Waals surface area contributed by atoms with Crippen molar-refractivity contribution in [3.8, 4) is 0 Å². The van der Waals surface area contributed by atoms with Gasteiger partial charge in [-0.05, 0) is 19.4 Å². The third kappa shape index (κ3) is 3.82. The zero-order valence-corrected chi connectivity index (χ0v) is 12.7.